The number of hydrogen-bond donors (Lipinski definition) is 0. The molecule has 1 saturated carbocycles. The highest BCUT2D eigenvalue weighted by atomic mass is 16.5. The second-order valence-electron chi connectivity index (χ2n) is 8.29. The van der Waals surface area contributed by atoms with E-state index in [2.05, 4.69) is 32.0 Å². The lowest BCUT2D eigenvalue weighted by Crippen LogP contribution is -2.40. The molecule has 1 amide bonds. The van der Waals surface area contributed by atoms with Crippen molar-refractivity contribution >= 4 is 11.7 Å². The highest BCUT2D eigenvalue weighted by molar-refractivity contribution is 5.95. The van der Waals surface area contributed by atoms with Crippen molar-refractivity contribution in [1.29, 1.82) is 0 Å². The van der Waals surface area contributed by atoms with E-state index < -0.39 is 0 Å². The van der Waals surface area contributed by atoms with Crippen LogP contribution in [0.3, 0.4) is 0 Å². The molecule has 146 valence electrons. The molecular formula is C24H27NO3. The van der Waals surface area contributed by atoms with Gasteiger partial charge >= 0.3 is 0 Å². The minimum absolute atomic E-state index is 0.0589. The molecule has 0 N–H and O–H groups in total. The summed E-state index contributed by atoms with van der Waals surface area (Å²) in [5.74, 6) is 0.400. The largest absolute Gasteiger partial charge is 0.378 e. The molecule has 2 aliphatic rings. The summed E-state index contributed by atoms with van der Waals surface area (Å²) in [6, 6.07) is 14.1. The zero-order valence-electron chi connectivity index (χ0n) is 16.7. The van der Waals surface area contributed by atoms with Crippen molar-refractivity contribution in [2.75, 3.05) is 26.3 Å². The van der Waals surface area contributed by atoms with Gasteiger partial charge in [0.05, 0.1) is 13.2 Å². The highest BCUT2D eigenvalue weighted by Crippen LogP contribution is 2.46. The Hall–Kier alpha value is -2.46. The number of benzene rings is 2. The number of ketones is 1. The smallest absolute Gasteiger partial charge is 0.254 e. The van der Waals surface area contributed by atoms with Crippen LogP contribution >= 0.6 is 0 Å². The van der Waals surface area contributed by atoms with Crippen LogP contribution in [0.4, 0.5) is 0 Å². The van der Waals surface area contributed by atoms with Crippen LogP contribution < -0.4 is 0 Å². The summed E-state index contributed by atoms with van der Waals surface area (Å²) in [6.07, 6.45) is 2.53. The van der Waals surface area contributed by atoms with Gasteiger partial charge in [0.2, 0.25) is 0 Å². The van der Waals surface area contributed by atoms with E-state index in [9.17, 15) is 9.59 Å². The van der Waals surface area contributed by atoms with Crippen molar-refractivity contribution in [2.45, 2.75) is 33.1 Å². The quantitative estimate of drug-likeness (QED) is 0.790. The molecule has 4 rings (SSSR count). The first-order valence-corrected chi connectivity index (χ1v) is 10.1. The summed E-state index contributed by atoms with van der Waals surface area (Å²) in [7, 11) is 0. The van der Waals surface area contributed by atoms with E-state index >= 15 is 0 Å². The van der Waals surface area contributed by atoms with Crippen LogP contribution in [0.5, 0.6) is 0 Å². The molecule has 1 aliphatic heterocycles. The van der Waals surface area contributed by atoms with E-state index in [0.717, 1.165) is 29.5 Å². The minimum atomic E-state index is -0.0907. The average molecular weight is 377 g/mol. The van der Waals surface area contributed by atoms with Gasteiger partial charge in [0.25, 0.3) is 5.91 Å². The summed E-state index contributed by atoms with van der Waals surface area (Å²) in [5.41, 5.74) is 5.04. The number of nitrogens with zero attached hydrogens (tertiary/aromatic N) is 1. The third kappa shape index (κ3) is 3.88. The number of aryl methyl sites for hydroxylation is 1. The number of hydrogen-bond acceptors (Lipinski definition) is 3. The lowest BCUT2D eigenvalue weighted by Gasteiger charge is -2.26. The number of ether oxygens (including phenoxy) is 1. The van der Waals surface area contributed by atoms with Gasteiger partial charge in [-0.1, -0.05) is 37.3 Å². The van der Waals surface area contributed by atoms with Crippen LogP contribution in [0.25, 0.3) is 11.1 Å². The number of amides is 1. The molecule has 0 radical (unpaired) electrons. The summed E-state index contributed by atoms with van der Waals surface area (Å²) in [4.78, 5) is 26.9. The Labute approximate surface area is 166 Å². The molecular weight excluding hydrogens is 350 g/mol. The molecule has 1 aliphatic carbocycles. The molecule has 0 aromatic heterocycles. The first kappa shape index (κ1) is 18.9. The molecule has 0 atom stereocenters. The topological polar surface area (TPSA) is 46.6 Å². The fraction of sp³-hybridized carbons (Fsp3) is 0.417. The maximum Gasteiger partial charge on any atom is 0.254 e. The summed E-state index contributed by atoms with van der Waals surface area (Å²) >= 11 is 0. The van der Waals surface area contributed by atoms with Gasteiger partial charge in [0, 0.05) is 30.5 Å². The molecule has 0 bridgehead atoms. The van der Waals surface area contributed by atoms with Crippen LogP contribution in [0.1, 0.15) is 41.3 Å². The number of Topliss-reactive ketones (excluding diaryl/α,β-unsaturated/α-hetero) is 1. The van der Waals surface area contributed by atoms with Gasteiger partial charge in [-0.05, 0) is 54.2 Å². The van der Waals surface area contributed by atoms with Crippen LogP contribution in [-0.2, 0) is 16.0 Å². The summed E-state index contributed by atoms with van der Waals surface area (Å²) < 4.78 is 5.32. The monoisotopic (exact) mass is 377 g/mol. The third-order valence-electron chi connectivity index (χ3n) is 6.08. The predicted octanol–water partition coefficient (Wildman–Crippen LogP) is 4.05. The van der Waals surface area contributed by atoms with Crippen LogP contribution in [0.2, 0.25) is 0 Å². The second-order valence-corrected chi connectivity index (χ2v) is 8.29. The Morgan fingerprint density at radius 2 is 1.71 bits per heavy atom. The van der Waals surface area contributed by atoms with Crippen molar-refractivity contribution in [1.82, 2.24) is 4.90 Å². The molecule has 1 heterocycles. The van der Waals surface area contributed by atoms with Crippen molar-refractivity contribution in [2.24, 2.45) is 5.41 Å². The molecule has 28 heavy (non-hydrogen) atoms. The molecule has 0 spiro atoms. The Kier molecular flexibility index (Phi) is 5.07. The maximum absolute atomic E-state index is 12.6. The number of carbonyl (C=O) groups is 2. The van der Waals surface area contributed by atoms with Gasteiger partial charge < -0.3 is 9.64 Å². The predicted molar refractivity (Wildman–Crippen MR) is 109 cm³/mol. The summed E-state index contributed by atoms with van der Waals surface area (Å²) in [6.45, 7) is 6.65. The average Bonchev–Trinajstić information content (AvgIpc) is 3.48. The van der Waals surface area contributed by atoms with Crippen LogP contribution in [0.15, 0.2) is 42.5 Å². The Balaban J connectivity index is 1.52. The van der Waals surface area contributed by atoms with Crippen molar-refractivity contribution in [3.63, 3.8) is 0 Å². The van der Waals surface area contributed by atoms with Crippen molar-refractivity contribution in [3.05, 3.63) is 59.2 Å². The van der Waals surface area contributed by atoms with E-state index in [4.69, 9.17) is 4.74 Å². The van der Waals surface area contributed by atoms with Gasteiger partial charge in [-0.15, -0.1) is 0 Å². The van der Waals surface area contributed by atoms with Crippen molar-refractivity contribution < 1.29 is 14.3 Å². The molecule has 0 unspecified atom stereocenters. The van der Waals surface area contributed by atoms with Gasteiger partial charge in [-0.25, -0.2) is 0 Å². The zero-order chi connectivity index (χ0) is 19.7. The fourth-order valence-corrected chi connectivity index (χ4v) is 3.70. The van der Waals surface area contributed by atoms with E-state index in [1.165, 1.54) is 5.56 Å². The van der Waals surface area contributed by atoms with Crippen LogP contribution in [0, 0.1) is 12.3 Å². The third-order valence-corrected chi connectivity index (χ3v) is 6.08. The van der Waals surface area contributed by atoms with Gasteiger partial charge in [0.15, 0.2) is 0 Å². The van der Waals surface area contributed by atoms with Gasteiger partial charge in [0.1, 0.15) is 5.78 Å². The lowest BCUT2D eigenvalue weighted by molar-refractivity contribution is -0.122. The minimum Gasteiger partial charge on any atom is -0.378 e. The molecule has 1 saturated heterocycles. The Morgan fingerprint density at radius 3 is 2.36 bits per heavy atom. The number of rotatable bonds is 5. The highest BCUT2D eigenvalue weighted by Gasteiger charge is 2.43. The Morgan fingerprint density at radius 1 is 1.04 bits per heavy atom. The lowest BCUT2D eigenvalue weighted by atomic mass is 9.92. The molecule has 2 aromatic carbocycles. The number of carbonyl (C=O) groups excluding carboxylic acids is 2. The van der Waals surface area contributed by atoms with Gasteiger partial charge in [-0.2, -0.15) is 0 Å². The standard InChI is InChI=1S/C24H27NO3/c1-17-3-4-18(16-22(26)24(2)9-10-24)15-21(17)19-5-7-20(8-6-19)23(27)25-11-13-28-14-12-25/h3-8,15H,9-14,16H2,1-2H3. The summed E-state index contributed by atoms with van der Waals surface area (Å²) in [5, 5.41) is 0. The van der Waals surface area contributed by atoms with Crippen molar-refractivity contribution in [3.8, 4) is 11.1 Å². The van der Waals surface area contributed by atoms with E-state index in [0.29, 0.717) is 44.1 Å². The molecule has 4 nitrogen and oxygen atoms in total. The first-order chi connectivity index (χ1) is 13.5. The second kappa shape index (κ2) is 7.51. The number of morpholine rings is 1. The van der Waals surface area contributed by atoms with Gasteiger partial charge in [-0.3, -0.25) is 9.59 Å². The maximum atomic E-state index is 12.6. The normalized spacial score (nSPS) is 18.0. The molecule has 4 heteroatoms. The van der Waals surface area contributed by atoms with E-state index in [1.807, 2.05) is 29.2 Å². The molecule has 2 aromatic rings. The fourth-order valence-electron chi connectivity index (χ4n) is 3.70. The Bertz CT molecular complexity index is 891. The first-order valence-electron chi connectivity index (χ1n) is 10.1. The molecule has 2 fully saturated rings. The van der Waals surface area contributed by atoms with E-state index in [1.54, 1.807) is 0 Å². The zero-order valence-corrected chi connectivity index (χ0v) is 16.7. The SMILES string of the molecule is Cc1ccc(CC(=O)C2(C)CC2)cc1-c1ccc(C(=O)N2CCOCC2)cc1. The van der Waals surface area contributed by atoms with Crippen LogP contribution in [-0.4, -0.2) is 42.9 Å². The van der Waals surface area contributed by atoms with E-state index in [-0.39, 0.29) is 11.3 Å².